The van der Waals surface area contributed by atoms with Crippen LogP contribution in [-0.2, 0) is 9.53 Å². The van der Waals surface area contributed by atoms with Gasteiger partial charge in [0.2, 0.25) is 5.90 Å². The Hall–Kier alpha value is -2.10. The van der Waals surface area contributed by atoms with Gasteiger partial charge in [-0.3, -0.25) is 4.79 Å². The van der Waals surface area contributed by atoms with Crippen LogP contribution >= 0.6 is 0 Å². The van der Waals surface area contributed by atoms with Gasteiger partial charge in [-0.2, -0.15) is 4.99 Å². The second-order valence-corrected chi connectivity index (χ2v) is 4.47. The highest BCUT2D eigenvalue weighted by Crippen LogP contribution is 2.20. The second kappa shape index (κ2) is 4.64. The average Bonchev–Trinajstić information content (AvgIpc) is 2.61. The Labute approximate surface area is 106 Å². The van der Waals surface area contributed by atoms with Crippen LogP contribution in [0.5, 0.6) is 5.75 Å². The lowest BCUT2D eigenvalue weighted by molar-refractivity contribution is -0.128. The van der Waals surface area contributed by atoms with E-state index in [2.05, 4.69) is 4.99 Å². The maximum atomic E-state index is 11.4. The molecular formula is C14H15NO3. The lowest BCUT2D eigenvalue weighted by Gasteiger charge is -2.13. The number of benzene rings is 1. The van der Waals surface area contributed by atoms with E-state index in [9.17, 15) is 4.79 Å². The molecule has 0 aromatic heterocycles. The lowest BCUT2D eigenvalue weighted by atomic mass is 10.1. The van der Waals surface area contributed by atoms with Gasteiger partial charge in [0.25, 0.3) is 5.91 Å². The van der Waals surface area contributed by atoms with Crippen LogP contribution in [-0.4, -0.2) is 24.5 Å². The monoisotopic (exact) mass is 245 g/mol. The molecule has 0 spiro atoms. The number of rotatable bonds is 3. The number of hydrogen-bond donors (Lipinski definition) is 0. The SMILES string of the molecule is COc1ccc(C=CC2=NC(=O)C(C)(C)O2)cc1. The van der Waals surface area contributed by atoms with Crippen molar-refractivity contribution in [3.8, 4) is 5.75 Å². The molecular weight excluding hydrogens is 230 g/mol. The number of carbonyl (C=O) groups excluding carboxylic acids is 1. The number of hydrogen-bond acceptors (Lipinski definition) is 3. The third-order valence-corrected chi connectivity index (χ3v) is 2.62. The average molecular weight is 245 g/mol. The molecule has 0 saturated carbocycles. The molecule has 0 bridgehead atoms. The van der Waals surface area contributed by atoms with Gasteiger partial charge in [-0.05, 0) is 37.6 Å². The van der Waals surface area contributed by atoms with Gasteiger partial charge in [0.05, 0.1) is 7.11 Å². The van der Waals surface area contributed by atoms with Crippen molar-refractivity contribution in [2.75, 3.05) is 7.11 Å². The molecule has 1 aromatic carbocycles. The zero-order valence-electron chi connectivity index (χ0n) is 10.6. The summed E-state index contributed by atoms with van der Waals surface area (Å²) < 4.78 is 10.5. The summed E-state index contributed by atoms with van der Waals surface area (Å²) in [5, 5.41) is 0. The number of nitrogens with zero attached hydrogens (tertiary/aromatic N) is 1. The molecule has 0 unspecified atom stereocenters. The van der Waals surface area contributed by atoms with E-state index in [4.69, 9.17) is 9.47 Å². The molecule has 1 aromatic rings. The standard InChI is InChI=1S/C14H15NO3/c1-14(2)13(16)15-12(18-14)9-6-10-4-7-11(17-3)8-5-10/h4-9H,1-3H3. The van der Waals surface area contributed by atoms with E-state index in [1.165, 1.54) is 0 Å². The van der Waals surface area contributed by atoms with Crippen LogP contribution in [0.1, 0.15) is 19.4 Å². The quantitative estimate of drug-likeness (QED) is 0.821. The Morgan fingerprint density at radius 1 is 1.22 bits per heavy atom. The fourth-order valence-corrected chi connectivity index (χ4v) is 1.52. The van der Waals surface area contributed by atoms with E-state index in [0.29, 0.717) is 5.90 Å². The van der Waals surface area contributed by atoms with Crippen molar-refractivity contribution in [2.24, 2.45) is 4.99 Å². The smallest absolute Gasteiger partial charge is 0.292 e. The summed E-state index contributed by atoms with van der Waals surface area (Å²) in [5.74, 6) is 0.899. The Morgan fingerprint density at radius 2 is 1.89 bits per heavy atom. The van der Waals surface area contributed by atoms with Crippen molar-refractivity contribution < 1.29 is 14.3 Å². The first kappa shape index (κ1) is 12.4. The van der Waals surface area contributed by atoms with Crippen LogP contribution in [0, 0.1) is 0 Å². The largest absolute Gasteiger partial charge is 0.497 e. The summed E-state index contributed by atoms with van der Waals surface area (Å²) in [5.41, 5.74) is 0.138. The summed E-state index contributed by atoms with van der Waals surface area (Å²) in [4.78, 5) is 15.3. The third-order valence-electron chi connectivity index (χ3n) is 2.62. The van der Waals surface area contributed by atoms with Gasteiger partial charge in [-0.1, -0.05) is 12.1 Å². The minimum Gasteiger partial charge on any atom is -0.497 e. The van der Waals surface area contributed by atoms with Crippen LogP contribution in [0.4, 0.5) is 0 Å². The molecule has 2 rings (SSSR count). The minimum absolute atomic E-state index is 0.253. The molecule has 0 fully saturated rings. The van der Waals surface area contributed by atoms with E-state index in [-0.39, 0.29) is 5.91 Å². The predicted molar refractivity (Wildman–Crippen MR) is 69.6 cm³/mol. The topological polar surface area (TPSA) is 47.9 Å². The van der Waals surface area contributed by atoms with Crippen LogP contribution < -0.4 is 4.74 Å². The van der Waals surface area contributed by atoms with Crippen LogP contribution in [0.3, 0.4) is 0 Å². The Kier molecular flexibility index (Phi) is 3.19. The summed E-state index contributed by atoms with van der Waals surface area (Å²) in [7, 11) is 1.62. The fraction of sp³-hybridized carbons (Fsp3) is 0.286. The molecule has 0 N–H and O–H groups in total. The van der Waals surface area contributed by atoms with Gasteiger partial charge in [-0.15, -0.1) is 0 Å². The first-order valence-corrected chi connectivity index (χ1v) is 5.65. The van der Waals surface area contributed by atoms with Crippen molar-refractivity contribution in [1.82, 2.24) is 0 Å². The Morgan fingerprint density at radius 3 is 2.39 bits per heavy atom. The highest BCUT2D eigenvalue weighted by Gasteiger charge is 2.36. The summed E-state index contributed by atoms with van der Waals surface area (Å²) in [6.45, 7) is 3.40. The molecule has 0 saturated heterocycles. The van der Waals surface area contributed by atoms with E-state index in [1.807, 2.05) is 30.3 Å². The molecule has 1 amide bonds. The second-order valence-electron chi connectivity index (χ2n) is 4.47. The summed E-state index contributed by atoms with van der Waals surface area (Å²) in [6, 6.07) is 7.56. The van der Waals surface area contributed by atoms with Gasteiger partial charge in [0.15, 0.2) is 5.60 Å². The maximum Gasteiger partial charge on any atom is 0.292 e. The van der Waals surface area contributed by atoms with Crippen molar-refractivity contribution in [3.05, 3.63) is 35.9 Å². The molecule has 94 valence electrons. The molecule has 4 heteroatoms. The molecule has 1 aliphatic heterocycles. The molecule has 4 nitrogen and oxygen atoms in total. The molecule has 1 heterocycles. The van der Waals surface area contributed by atoms with Crippen molar-refractivity contribution in [3.63, 3.8) is 0 Å². The molecule has 0 radical (unpaired) electrons. The highest BCUT2D eigenvalue weighted by atomic mass is 16.5. The zero-order valence-corrected chi connectivity index (χ0v) is 10.6. The van der Waals surface area contributed by atoms with Gasteiger partial charge in [-0.25, -0.2) is 0 Å². The number of aliphatic imine (C=N–C) groups is 1. The lowest BCUT2D eigenvalue weighted by Crippen LogP contribution is -2.28. The number of carbonyl (C=O) groups is 1. The zero-order chi connectivity index (χ0) is 13.2. The van der Waals surface area contributed by atoms with Crippen LogP contribution in [0.25, 0.3) is 6.08 Å². The van der Waals surface area contributed by atoms with Gasteiger partial charge >= 0.3 is 0 Å². The van der Waals surface area contributed by atoms with Crippen molar-refractivity contribution in [2.45, 2.75) is 19.4 Å². The van der Waals surface area contributed by atoms with Crippen LogP contribution in [0.2, 0.25) is 0 Å². The maximum absolute atomic E-state index is 11.4. The molecule has 0 atom stereocenters. The first-order chi connectivity index (χ1) is 8.51. The van der Waals surface area contributed by atoms with Gasteiger partial charge in [0.1, 0.15) is 5.75 Å². The van der Waals surface area contributed by atoms with E-state index in [0.717, 1.165) is 11.3 Å². The number of ether oxygens (including phenoxy) is 2. The van der Waals surface area contributed by atoms with E-state index < -0.39 is 5.60 Å². The molecule has 0 aliphatic carbocycles. The van der Waals surface area contributed by atoms with Crippen LogP contribution in [0.15, 0.2) is 35.3 Å². The minimum atomic E-state index is -0.848. The summed E-state index contributed by atoms with van der Waals surface area (Å²) in [6.07, 6.45) is 3.53. The number of methoxy groups -OCH3 is 1. The van der Waals surface area contributed by atoms with Gasteiger partial charge in [0, 0.05) is 6.08 Å². The number of amides is 1. The summed E-state index contributed by atoms with van der Waals surface area (Å²) >= 11 is 0. The molecule has 18 heavy (non-hydrogen) atoms. The van der Waals surface area contributed by atoms with Gasteiger partial charge < -0.3 is 9.47 Å². The Bertz CT molecular complexity index is 512. The van der Waals surface area contributed by atoms with E-state index >= 15 is 0 Å². The fourth-order valence-electron chi connectivity index (χ4n) is 1.52. The molecule has 1 aliphatic rings. The highest BCUT2D eigenvalue weighted by molar-refractivity contribution is 6.07. The predicted octanol–water partition coefficient (Wildman–Crippen LogP) is 2.44. The third kappa shape index (κ3) is 2.59. The Balaban J connectivity index is 2.08. The normalized spacial score (nSPS) is 17.7. The van der Waals surface area contributed by atoms with Crippen molar-refractivity contribution in [1.29, 1.82) is 0 Å². The van der Waals surface area contributed by atoms with E-state index in [1.54, 1.807) is 27.0 Å². The first-order valence-electron chi connectivity index (χ1n) is 5.65. The van der Waals surface area contributed by atoms with Crippen molar-refractivity contribution >= 4 is 17.9 Å².